The summed E-state index contributed by atoms with van der Waals surface area (Å²) < 4.78 is 1.38. The zero-order chi connectivity index (χ0) is 19.2. The van der Waals surface area contributed by atoms with Gasteiger partial charge in [-0.05, 0) is 49.2 Å². The summed E-state index contributed by atoms with van der Waals surface area (Å²) in [6.45, 7) is 2.21. The van der Waals surface area contributed by atoms with Gasteiger partial charge in [-0.3, -0.25) is 14.6 Å². The van der Waals surface area contributed by atoms with E-state index in [1.807, 2.05) is 25.1 Å². The topological polar surface area (TPSA) is 76.9 Å². The van der Waals surface area contributed by atoms with Gasteiger partial charge in [-0.2, -0.15) is 5.10 Å². The molecule has 0 saturated heterocycles. The molecule has 3 aromatic rings. The fourth-order valence-electron chi connectivity index (χ4n) is 2.62. The van der Waals surface area contributed by atoms with E-state index in [0.717, 1.165) is 11.1 Å². The average Bonchev–Trinajstić information content (AvgIpc) is 2.67. The van der Waals surface area contributed by atoms with Crippen molar-refractivity contribution >= 4 is 23.2 Å². The third-order valence-corrected chi connectivity index (χ3v) is 4.55. The molecule has 27 heavy (non-hydrogen) atoms. The summed E-state index contributed by atoms with van der Waals surface area (Å²) in [5.41, 5.74) is 2.83. The highest BCUT2D eigenvalue weighted by Gasteiger charge is 2.08. The monoisotopic (exact) mass is 382 g/mol. The molecule has 0 spiro atoms. The molecule has 0 aliphatic rings. The minimum atomic E-state index is -0.200. The van der Waals surface area contributed by atoms with Crippen LogP contribution in [0.5, 0.6) is 0 Å². The number of anilines is 1. The predicted octanol–water partition coefficient (Wildman–Crippen LogP) is 3.69. The van der Waals surface area contributed by atoms with E-state index >= 15 is 0 Å². The van der Waals surface area contributed by atoms with Crippen LogP contribution in [0.4, 0.5) is 5.69 Å². The van der Waals surface area contributed by atoms with Crippen molar-refractivity contribution in [3.63, 3.8) is 0 Å². The molecule has 1 amide bonds. The normalized spacial score (nSPS) is 10.6. The second-order valence-electron chi connectivity index (χ2n) is 6.09. The van der Waals surface area contributed by atoms with Gasteiger partial charge in [-0.25, -0.2) is 4.68 Å². The molecule has 0 radical (unpaired) electrons. The van der Waals surface area contributed by atoms with Crippen LogP contribution in [0.1, 0.15) is 18.4 Å². The number of carbonyl (C=O) groups is 1. The Morgan fingerprint density at radius 1 is 1.19 bits per heavy atom. The summed E-state index contributed by atoms with van der Waals surface area (Å²) >= 11 is 6.06. The van der Waals surface area contributed by atoms with Crippen LogP contribution in [0.15, 0.2) is 59.7 Å². The number of aryl methyl sites for hydroxylation is 1. The smallest absolute Gasteiger partial charge is 0.266 e. The maximum absolute atomic E-state index is 12.2. The number of pyridine rings is 1. The minimum Gasteiger partial charge on any atom is -0.326 e. The SMILES string of the molecule is Cc1c(Cl)cccc1NC(=O)CCCn1nc(-c2cccnc2)ccc1=O. The molecule has 0 aliphatic carbocycles. The number of nitrogens with zero attached hydrogens (tertiary/aromatic N) is 3. The summed E-state index contributed by atoms with van der Waals surface area (Å²) in [6.07, 6.45) is 4.14. The van der Waals surface area contributed by atoms with Crippen molar-refractivity contribution in [2.75, 3.05) is 5.32 Å². The van der Waals surface area contributed by atoms with Gasteiger partial charge in [-0.1, -0.05) is 17.7 Å². The van der Waals surface area contributed by atoms with Crippen LogP contribution in [0.25, 0.3) is 11.3 Å². The van der Waals surface area contributed by atoms with Crippen molar-refractivity contribution in [2.24, 2.45) is 0 Å². The number of hydrogen-bond donors (Lipinski definition) is 1. The molecule has 0 unspecified atom stereocenters. The van der Waals surface area contributed by atoms with Gasteiger partial charge in [-0.15, -0.1) is 0 Å². The van der Waals surface area contributed by atoms with E-state index in [4.69, 9.17) is 11.6 Å². The van der Waals surface area contributed by atoms with E-state index in [9.17, 15) is 9.59 Å². The Hall–Kier alpha value is -2.99. The van der Waals surface area contributed by atoms with Gasteiger partial charge >= 0.3 is 0 Å². The first-order chi connectivity index (χ1) is 13.0. The Kier molecular flexibility index (Phi) is 5.98. The van der Waals surface area contributed by atoms with Crippen molar-refractivity contribution in [1.82, 2.24) is 14.8 Å². The van der Waals surface area contributed by atoms with Gasteiger partial charge in [0.2, 0.25) is 5.91 Å². The standard InChI is InChI=1S/C20H19ClN4O2/c1-14-16(21)6-2-7-17(14)23-19(26)8-4-12-25-20(27)10-9-18(24-25)15-5-3-11-22-13-15/h2-3,5-7,9-11,13H,4,8,12H2,1H3,(H,23,26). The van der Waals surface area contributed by atoms with Gasteiger partial charge in [0, 0.05) is 47.7 Å². The molecule has 0 aliphatic heterocycles. The van der Waals surface area contributed by atoms with Crippen LogP contribution < -0.4 is 10.9 Å². The fraction of sp³-hybridized carbons (Fsp3) is 0.200. The molecule has 0 atom stereocenters. The van der Waals surface area contributed by atoms with Crippen molar-refractivity contribution < 1.29 is 4.79 Å². The third kappa shape index (κ3) is 4.80. The molecular formula is C20H19ClN4O2. The third-order valence-electron chi connectivity index (χ3n) is 4.14. The summed E-state index contributed by atoms with van der Waals surface area (Å²) in [5.74, 6) is -0.128. The number of hydrogen-bond acceptors (Lipinski definition) is 4. The van der Waals surface area contributed by atoms with E-state index in [2.05, 4.69) is 15.4 Å². The van der Waals surface area contributed by atoms with Crippen molar-refractivity contribution in [3.05, 3.63) is 75.8 Å². The van der Waals surface area contributed by atoms with E-state index in [1.165, 1.54) is 10.7 Å². The summed E-state index contributed by atoms with van der Waals surface area (Å²) in [5, 5.41) is 7.82. The summed E-state index contributed by atoms with van der Waals surface area (Å²) in [4.78, 5) is 28.3. The van der Waals surface area contributed by atoms with Gasteiger partial charge < -0.3 is 5.32 Å². The molecule has 1 N–H and O–H groups in total. The van der Waals surface area contributed by atoms with Crippen molar-refractivity contribution in [3.8, 4) is 11.3 Å². The lowest BCUT2D eigenvalue weighted by molar-refractivity contribution is -0.116. The predicted molar refractivity (Wildman–Crippen MR) is 106 cm³/mol. The molecule has 7 heteroatoms. The van der Waals surface area contributed by atoms with Gasteiger partial charge in [0.25, 0.3) is 5.56 Å². The maximum Gasteiger partial charge on any atom is 0.266 e. The number of benzene rings is 1. The van der Waals surface area contributed by atoms with Crippen LogP contribution in [-0.4, -0.2) is 20.7 Å². The highest BCUT2D eigenvalue weighted by molar-refractivity contribution is 6.31. The number of carbonyl (C=O) groups excluding carboxylic acids is 1. The number of nitrogens with one attached hydrogen (secondary N) is 1. The Balaban J connectivity index is 1.61. The van der Waals surface area contributed by atoms with Crippen LogP contribution in [0, 0.1) is 6.92 Å². The van der Waals surface area contributed by atoms with Crippen LogP contribution in [-0.2, 0) is 11.3 Å². The highest BCUT2D eigenvalue weighted by atomic mass is 35.5. The number of aromatic nitrogens is 3. The lowest BCUT2D eigenvalue weighted by atomic mass is 10.2. The molecule has 6 nitrogen and oxygen atoms in total. The lowest BCUT2D eigenvalue weighted by Gasteiger charge is -2.10. The zero-order valence-electron chi connectivity index (χ0n) is 14.9. The average molecular weight is 383 g/mol. The molecule has 0 bridgehead atoms. The van der Waals surface area contributed by atoms with Crippen LogP contribution >= 0.6 is 11.6 Å². The first-order valence-electron chi connectivity index (χ1n) is 8.58. The second kappa shape index (κ2) is 8.60. The Labute approximate surface area is 161 Å². The Bertz CT molecular complexity index is 1000. The molecule has 138 valence electrons. The minimum absolute atomic E-state index is 0.128. The molecule has 0 saturated carbocycles. The number of halogens is 1. The summed E-state index contributed by atoms with van der Waals surface area (Å²) in [7, 11) is 0. The molecule has 2 heterocycles. The Morgan fingerprint density at radius 3 is 2.81 bits per heavy atom. The summed E-state index contributed by atoms with van der Waals surface area (Å²) in [6, 6.07) is 12.2. The highest BCUT2D eigenvalue weighted by Crippen LogP contribution is 2.23. The lowest BCUT2D eigenvalue weighted by Crippen LogP contribution is -2.23. The van der Waals surface area contributed by atoms with Gasteiger partial charge in [0.15, 0.2) is 0 Å². The zero-order valence-corrected chi connectivity index (χ0v) is 15.6. The van der Waals surface area contributed by atoms with Crippen LogP contribution in [0.3, 0.4) is 0 Å². The molecule has 2 aromatic heterocycles. The van der Waals surface area contributed by atoms with Gasteiger partial charge in [0.05, 0.1) is 5.69 Å². The number of rotatable bonds is 6. The quantitative estimate of drug-likeness (QED) is 0.705. The number of amides is 1. The molecular weight excluding hydrogens is 364 g/mol. The Morgan fingerprint density at radius 2 is 2.04 bits per heavy atom. The van der Waals surface area contributed by atoms with E-state index < -0.39 is 0 Å². The fourth-order valence-corrected chi connectivity index (χ4v) is 2.80. The maximum atomic E-state index is 12.2. The van der Waals surface area contributed by atoms with E-state index in [0.29, 0.717) is 29.4 Å². The van der Waals surface area contributed by atoms with Crippen LogP contribution in [0.2, 0.25) is 5.02 Å². The molecule has 0 fully saturated rings. The largest absolute Gasteiger partial charge is 0.326 e. The molecule has 3 rings (SSSR count). The second-order valence-corrected chi connectivity index (χ2v) is 6.49. The first-order valence-corrected chi connectivity index (χ1v) is 8.96. The molecule has 1 aromatic carbocycles. The van der Waals surface area contributed by atoms with E-state index in [-0.39, 0.29) is 17.9 Å². The van der Waals surface area contributed by atoms with E-state index in [1.54, 1.807) is 30.6 Å². The first kappa shape index (κ1) is 18.8. The van der Waals surface area contributed by atoms with Crippen molar-refractivity contribution in [2.45, 2.75) is 26.3 Å². The van der Waals surface area contributed by atoms with Crippen molar-refractivity contribution in [1.29, 1.82) is 0 Å². The van der Waals surface area contributed by atoms with Gasteiger partial charge in [0.1, 0.15) is 0 Å².